The van der Waals surface area contributed by atoms with E-state index in [1.165, 1.54) is 6.07 Å². The predicted octanol–water partition coefficient (Wildman–Crippen LogP) is 3.42. The minimum absolute atomic E-state index is 0.00808. The molecule has 0 aliphatic heterocycles. The Morgan fingerprint density at radius 3 is 2.19 bits per heavy atom. The van der Waals surface area contributed by atoms with E-state index in [9.17, 15) is 18.4 Å². The average Bonchev–Trinajstić information content (AvgIpc) is 2.70. The minimum Gasteiger partial charge on any atom is -0.352 e. The molecular weight excluding hydrogens is 352 g/mol. The summed E-state index contributed by atoms with van der Waals surface area (Å²) in [6.07, 6.45) is 5.78. The molecule has 1 aromatic heterocycles. The Bertz CT molecular complexity index is 806. The molecule has 27 heavy (non-hydrogen) atoms. The largest absolute Gasteiger partial charge is 0.352 e. The van der Waals surface area contributed by atoms with Gasteiger partial charge in [0.1, 0.15) is 0 Å². The number of hydrogen-bond acceptors (Lipinski definition) is 3. The highest BCUT2D eigenvalue weighted by molar-refractivity contribution is 5.92. The molecule has 1 heterocycles. The van der Waals surface area contributed by atoms with Crippen molar-refractivity contribution in [3.63, 3.8) is 0 Å². The molecule has 1 fully saturated rings. The molecule has 0 spiro atoms. The molecule has 7 heteroatoms. The van der Waals surface area contributed by atoms with Crippen LogP contribution in [0, 0.1) is 23.5 Å². The van der Waals surface area contributed by atoms with Gasteiger partial charge in [0, 0.05) is 42.5 Å². The summed E-state index contributed by atoms with van der Waals surface area (Å²) in [7, 11) is 0. The smallest absolute Gasteiger partial charge is 0.227 e. The monoisotopic (exact) mass is 373 g/mol. The molecular formula is C20H21F2N3O2. The third-order valence-corrected chi connectivity index (χ3v) is 4.87. The molecule has 0 radical (unpaired) electrons. The summed E-state index contributed by atoms with van der Waals surface area (Å²) in [5.74, 6) is -2.53. The van der Waals surface area contributed by atoms with E-state index in [1.807, 2.05) is 12.1 Å². The quantitative estimate of drug-likeness (QED) is 0.844. The van der Waals surface area contributed by atoms with Gasteiger partial charge in [0.15, 0.2) is 11.6 Å². The minimum atomic E-state index is -0.998. The Labute approximate surface area is 156 Å². The van der Waals surface area contributed by atoms with Crippen molar-refractivity contribution in [3.05, 3.63) is 59.9 Å². The number of rotatable bonds is 5. The van der Waals surface area contributed by atoms with Gasteiger partial charge in [-0.1, -0.05) is 0 Å². The fourth-order valence-corrected chi connectivity index (χ4v) is 3.27. The topological polar surface area (TPSA) is 71.1 Å². The highest BCUT2D eigenvalue weighted by atomic mass is 19.2. The first-order valence-corrected chi connectivity index (χ1v) is 8.95. The van der Waals surface area contributed by atoms with Gasteiger partial charge < -0.3 is 10.6 Å². The number of halogens is 2. The molecule has 5 nitrogen and oxygen atoms in total. The lowest BCUT2D eigenvalue weighted by atomic mass is 9.81. The number of carbonyl (C=O) groups excluding carboxylic acids is 2. The number of carbonyl (C=O) groups is 2. The van der Waals surface area contributed by atoms with Gasteiger partial charge in [-0.25, -0.2) is 8.78 Å². The van der Waals surface area contributed by atoms with E-state index in [2.05, 4.69) is 15.6 Å². The fourth-order valence-electron chi connectivity index (χ4n) is 3.27. The molecule has 2 amide bonds. The zero-order chi connectivity index (χ0) is 19.2. The Morgan fingerprint density at radius 1 is 0.926 bits per heavy atom. The van der Waals surface area contributed by atoms with Gasteiger partial charge in [0.2, 0.25) is 11.8 Å². The summed E-state index contributed by atoms with van der Waals surface area (Å²) in [6, 6.07) is 6.97. The SMILES string of the molecule is O=C(NCc1ccncc1)C1CCC(C(=O)Nc2ccc(F)c(F)c2)CC1. The molecule has 1 aromatic carbocycles. The van der Waals surface area contributed by atoms with Crippen molar-refractivity contribution < 1.29 is 18.4 Å². The molecule has 1 aliphatic rings. The van der Waals surface area contributed by atoms with E-state index in [1.54, 1.807) is 12.4 Å². The molecule has 3 rings (SSSR count). The predicted molar refractivity (Wildman–Crippen MR) is 96.5 cm³/mol. The zero-order valence-electron chi connectivity index (χ0n) is 14.8. The molecule has 142 valence electrons. The van der Waals surface area contributed by atoms with E-state index in [0.29, 0.717) is 32.2 Å². The van der Waals surface area contributed by atoms with Crippen molar-refractivity contribution in [1.82, 2.24) is 10.3 Å². The Balaban J connectivity index is 1.45. The van der Waals surface area contributed by atoms with E-state index in [-0.39, 0.29) is 29.3 Å². The first-order valence-electron chi connectivity index (χ1n) is 8.95. The summed E-state index contributed by atoms with van der Waals surface area (Å²) in [4.78, 5) is 28.6. The van der Waals surface area contributed by atoms with Crippen LogP contribution in [0.2, 0.25) is 0 Å². The van der Waals surface area contributed by atoms with Gasteiger partial charge in [-0.3, -0.25) is 14.6 Å². The van der Waals surface area contributed by atoms with Crippen molar-refractivity contribution in [2.75, 3.05) is 5.32 Å². The van der Waals surface area contributed by atoms with Crippen LogP contribution in [0.5, 0.6) is 0 Å². The molecule has 0 bridgehead atoms. The Hall–Kier alpha value is -2.83. The number of hydrogen-bond donors (Lipinski definition) is 2. The van der Waals surface area contributed by atoms with Crippen LogP contribution in [-0.2, 0) is 16.1 Å². The lowest BCUT2D eigenvalue weighted by Gasteiger charge is -2.27. The molecule has 0 atom stereocenters. The van der Waals surface area contributed by atoms with Crippen LogP contribution in [0.1, 0.15) is 31.2 Å². The molecule has 2 N–H and O–H groups in total. The summed E-state index contributed by atoms with van der Waals surface area (Å²) in [6.45, 7) is 0.456. The lowest BCUT2D eigenvalue weighted by Crippen LogP contribution is -2.35. The lowest BCUT2D eigenvalue weighted by molar-refractivity contribution is -0.128. The van der Waals surface area contributed by atoms with Crippen LogP contribution >= 0.6 is 0 Å². The number of amides is 2. The Kier molecular flexibility index (Phi) is 6.11. The third-order valence-electron chi connectivity index (χ3n) is 4.87. The molecule has 1 aliphatic carbocycles. The van der Waals surface area contributed by atoms with E-state index in [0.717, 1.165) is 17.7 Å². The van der Waals surface area contributed by atoms with Gasteiger partial charge in [-0.05, 0) is 55.5 Å². The first-order chi connectivity index (χ1) is 13.0. The molecule has 0 unspecified atom stereocenters. The summed E-state index contributed by atoms with van der Waals surface area (Å²) in [5.41, 5.74) is 1.22. The Morgan fingerprint density at radius 2 is 1.56 bits per heavy atom. The van der Waals surface area contributed by atoms with Crippen molar-refractivity contribution in [1.29, 1.82) is 0 Å². The maximum absolute atomic E-state index is 13.2. The van der Waals surface area contributed by atoms with Crippen LogP contribution < -0.4 is 10.6 Å². The first kappa shape index (κ1) is 18.9. The number of anilines is 1. The van der Waals surface area contributed by atoms with Crippen LogP contribution in [0.25, 0.3) is 0 Å². The van der Waals surface area contributed by atoms with E-state index in [4.69, 9.17) is 0 Å². The molecule has 2 aromatic rings. The van der Waals surface area contributed by atoms with Crippen LogP contribution in [0.15, 0.2) is 42.7 Å². The number of pyridine rings is 1. The van der Waals surface area contributed by atoms with Crippen LogP contribution in [-0.4, -0.2) is 16.8 Å². The average molecular weight is 373 g/mol. The number of nitrogens with one attached hydrogen (secondary N) is 2. The number of nitrogens with zero attached hydrogens (tertiary/aromatic N) is 1. The normalized spacial score (nSPS) is 19.3. The van der Waals surface area contributed by atoms with Crippen LogP contribution in [0.4, 0.5) is 14.5 Å². The van der Waals surface area contributed by atoms with Gasteiger partial charge in [-0.15, -0.1) is 0 Å². The van der Waals surface area contributed by atoms with E-state index < -0.39 is 11.6 Å². The third kappa shape index (κ3) is 5.09. The summed E-state index contributed by atoms with van der Waals surface area (Å²) < 4.78 is 26.2. The van der Waals surface area contributed by atoms with Crippen LogP contribution in [0.3, 0.4) is 0 Å². The standard InChI is InChI=1S/C20H21F2N3O2/c21-17-6-5-16(11-18(17)22)25-20(27)15-3-1-14(2-4-15)19(26)24-12-13-7-9-23-10-8-13/h5-11,14-15H,1-4,12H2,(H,24,26)(H,25,27). The number of benzene rings is 1. The maximum atomic E-state index is 13.2. The van der Waals surface area contributed by atoms with Crippen molar-refractivity contribution in [2.45, 2.75) is 32.2 Å². The second-order valence-corrected chi connectivity index (χ2v) is 6.74. The van der Waals surface area contributed by atoms with Crippen molar-refractivity contribution in [2.24, 2.45) is 11.8 Å². The second kappa shape index (κ2) is 8.70. The number of aromatic nitrogens is 1. The zero-order valence-corrected chi connectivity index (χ0v) is 14.8. The molecule has 1 saturated carbocycles. The maximum Gasteiger partial charge on any atom is 0.227 e. The van der Waals surface area contributed by atoms with Gasteiger partial charge in [0.05, 0.1) is 0 Å². The van der Waals surface area contributed by atoms with Crippen molar-refractivity contribution in [3.8, 4) is 0 Å². The van der Waals surface area contributed by atoms with E-state index >= 15 is 0 Å². The highest BCUT2D eigenvalue weighted by Crippen LogP contribution is 2.30. The van der Waals surface area contributed by atoms with Gasteiger partial charge in [0.25, 0.3) is 0 Å². The highest BCUT2D eigenvalue weighted by Gasteiger charge is 2.30. The molecule has 0 saturated heterocycles. The van der Waals surface area contributed by atoms with Gasteiger partial charge in [-0.2, -0.15) is 0 Å². The summed E-state index contributed by atoms with van der Waals surface area (Å²) >= 11 is 0. The van der Waals surface area contributed by atoms with Gasteiger partial charge >= 0.3 is 0 Å². The second-order valence-electron chi connectivity index (χ2n) is 6.74. The summed E-state index contributed by atoms with van der Waals surface area (Å²) in [5, 5.41) is 5.54. The van der Waals surface area contributed by atoms with Crippen molar-refractivity contribution >= 4 is 17.5 Å². The fraction of sp³-hybridized carbons (Fsp3) is 0.350.